The molecule has 4 nitrogen and oxygen atoms in total. The summed E-state index contributed by atoms with van der Waals surface area (Å²) in [6.45, 7) is 0.808. The van der Waals surface area contributed by atoms with E-state index in [4.69, 9.17) is 18.9 Å². The van der Waals surface area contributed by atoms with Gasteiger partial charge in [0.05, 0.1) is 34.0 Å². The predicted octanol–water partition coefficient (Wildman–Crippen LogP) is 2.17. The molecule has 0 N–H and O–H groups in total. The second-order valence-corrected chi connectivity index (χ2v) is 3.60. The topological polar surface area (TPSA) is 36.9 Å². The van der Waals surface area contributed by atoms with E-state index in [1.807, 2.05) is 12.1 Å². The van der Waals surface area contributed by atoms with E-state index in [1.54, 1.807) is 21.3 Å². The van der Waals surface area contributed by atoms with E-state index in [0.717, 1.165) is 24.3 Å². The number of rotatable bonds is 4. The molecule has 1 aliphatic rings. The Morgan fingerprint density at radius 1 is 1.00 bits per heavy atom. The first kappa shape index (κ1) is 11.1. The molecule has 1 aromatic carbocycles. The third-order valence-electron chi connectivity index (χ3n) is 2.78. The Balaban J connectivity index is 2.41. The molecule has 1 heterocycles. The Hall–Kier alpha value is -1.42. The van der Waals surface area contributed by atoms with Gasteiger partial charge in [0.1, 0.15) is 5.75 Å². The molecule has 1 aliphatic heterocycles. The van der Waals surface area contributed by atoms with Crippen LogP contribution in [0.25, 0.3) is 0 Å². The normalized spacial score (nSPS) is 18.8. The van der Waals surface area contributed by atoms with Crippen LogP contribution in [0.3, 0.4) is 0 Å². The second kappa shape index (κ2) is 4.61. The molecule has 1 atom stereocenters. The molecule has 16 heavy (non-hydrogen) atoms. The largest absolute Gasteiger partial charge is 0.496 e. The van der Waals surface area contributed by atoms with Crippen molar-refractivity contribution in [2.75, 3.05) is 27.9 Å². The van der Waals surface area contributed by atoms with Crippen molar-refractivity contribution in [1.29, 1.82) is 0 Å². The molecule has 1 aromatic rings. The van der Waals surface area contributed by atoms with Gasteiger partial charge in [0, 0.05) is 18.1 Å². The monoisotopic (exact) mass is 224 g/mol. The first-order valence-electron chi connectivity index (χ1n) is 5.21. The van der Waals surface area contributed by atoms with E-state index < -0.39 is 0 Å². The Labute approximate surface area is 95.1 Å². The molecule has 0 amide bonds. The third kappa shape index (κ3) is 1.80. The average Bonchev–Trinajstić information content (AvgIpc) is 2.26. The van der Waals surface area contributed by atoms with Crippen LogP contribution in [0.5, 0.6) is 17.2 Å². The molecular formula is C12H16O4. The van der Waals surface area contributed by atoms with Crippen LogP contribution in [0, 0.1) is 0 Å². The highest BCUT2D eigenvalue weighted by molar-refractivity contribution is 5.51. The fourth-order valence-corrected chi connectivity index (χ4v) is 1.79. The minimum Gasteiger partial charge on any atom is -0.496 e. The van der Waals surface area contributed by atoms with E-state index in [1.165, 1.54) is 0 Å². The van der Waals surface area contributed by atoms with Gasteiger partial charge in [0.2, 0.25) is 0 Å². The fraction of sp³-hybridized carbons (Fsp3) is 0.500. The van der Waals surface area contributed by atoms with Crippen LogP contribution in [0.15, 0.2) is 12.1 Å². The van der Waals surface area contributed by atoms with Crippen LogP contribution in [0.4, 0.5) is 0 Å². The molecular weight excluding hydrogens is 208 g/mol. The summed E-state index contributed by atoms with van der Waals surface area (Å²) in [7, 11) is 4.87. The summed E-state index contributed by atoms with van der Waals surface area (Å²) in [6, 6.07) is 3.75. The van der Waals surface area contributed by atoms with Crippen LogP contribution in [-0.4, -0.2) is 27.9 Å². The van der Waals surface area contributed by atoms with Crippen LogP contribution in [-0.2, 0) is 4.74 Å². The molecule has 88 valence electrons. The lowest BCUT2D eigenvalue weighted by Crippen LogP contribution is -2.19. The molecule has 0 aromatic heterocycles. The van der Waals surface area contributed by atoms with Gasteiger partial charge in [-0.15, -0.1) is 0 Å². The summed E-state index contributed by atoms with van der Waals surface area (Å²) < 4.78 is 21.3. The number of benzene rings is 1. The molecule has 1 saturated heterocycles. The van der Waals surface area contributed by atoms with Crippen molar-refractivity contribution in [1.82, 2.24) is 0 Å². The minimum absolute atomic E-state index is 0.120. The SMILES string of the molecule is COc1cc(OC)c(C2CCO2)cc1OC. The maximum Gasteiger partial charge on any atom is 0.164 e. The Morgan fingerprint density at radius 2 is 1.56 bits per heavy atom. The van der Waals surface area contributed by atoms with E-state index in [-0.39, 0.29) is 6.10 Å². The quantitative estimate of drug-likeness (QED) is 0.785. The van der Waals surface area contributed by atoms with Crippen molar-refractivity contribution in [2.45, 2.75) is 12.5 Å². The lowest BCUT2D eigenvalue weighted by Gasteiger charge is -2.28. The highest BCUT2D eigenvalue weighted by atomic mass is 16.5. The number of hydrogen-bond donors (Lipinski definition) is 0. The second-order valence-electron chi connectivity index (χ2n) is 3.60. The van der Waals surface area contributed by atoms with Gasteiger partial charge in [0.25, 0.3) is 0 Å². The average molecular weight is 224 g/mol. The van der Waals surface area contributed by atoms with Gasteiger partial charge < -0.3 is 18.9 Å². The van der Waals surface area contributed by atoms with Crippen molar-refractivity contribution in [3.8, 4) is 17.2 Å². The van der Waals surface area contributed by atoms with Crippen molar-refractivity contribution < 1.29 is 18.9 Å². The third-order valence-corrected chi connectivity index (χ3v) is 2.78. The Morgan fingerprint density at radius 3 is 2.00 bits per heavy atom. The van der Waals surface area contributed by atoms with Crippen molar-refractivity contribution in [3.63, 3.8) is 0 Å². The highest BCUT2D eigenvalue weighted by Gasteiger charge is 2.25. The first-order valence-corrected chi connectivity index (χ1v) is 5.21. The molecule has 4 heteroatoms. The summed E-state index contributed by atoms with van der Waals surface area (Å²) in [5.74, 6) is 2.15. The molecule has 0 radical (unpaired) electrons. The molecule has 0 saturated carbocycles. The van der Waals surface area contributed by atoms with Crippen LogP contribution in [0.1, 0.15) is 18.1 Å². The summed E-state index contributed by atoms with van der Waals surface area (Å²) in [6.07, 6.45) is 1.14. The summed E-state index contributed by atoms with van der Waals surface area (Å²) in [5, 5.41) is 0. The first-order chi connectivity index (χ1) is 7.80. The van der Waals surface area contributed by atoms with E-state index in [0.29, 0.717) is 11.5 Å². The standard InChI is InChI=1S/C12H16O4/c1-13-10-7-12(15-3)11(14-2)6-8(10)9-4-5-16-9/h6-7,9H,4-5H2,1-3H3. The van der Waals surface area contributed by atoms with E-state index in [2.05, 4.69) is 0 Å². The lowest BCUT2D eigenvalue weighted by molar-refractivity contribution is -0.0539. The maximum atomic E-state index is 5.46. The van der Waals surface area contributed by atoms with Crippen LogP contribution >= 0.6 is 0 Å². The Kier molecular flexibility index (Phi) is 3.19. The van der Waals surface area contributed by atoms with E-state index >= 15 is 0 Å². The molecule has 0 spiro atoms. The zero-order chi connectivity index (χ0) is 11.5. The zero-order valence-corrected chi connectivity index (χ0v) is 9.78. The van der Waals surface area contributed by atoms with Gasteiger partial charge in [-0.05, 0) is 6.07 Å². The van der Waals surface area contributed by atoms with Gasteiger partial charge in [-0.25, -0.2) is 0 Å². The smallest absolute Gasteiger partial charge is 0.164 e. The molecule has 1 fully saturated rings. The van der Waals surface area contributed by atoms with Crippen molar-refractivity contribution >= 4 is 0 Å². The lowest BCUT2D eigenvalue weighted by atomic mass is 10.0. The number of methoxy groups -OCH3 is 3. The Bertz CT molecular complexity index is 372. The molecule has 2 rings (SSSR count). The van der Waals surface area contributed by atoms with Gasteiger partial charge >= 0.3 is 0 Å². The van der Waals surface area contributed by atoms with Gasteiger partial charge in [-0.2, -0.15) is 0 Å². The van der Waals surface area contributed by atoms with E-state index in [9.17, 15) is 0 Å². The molecule has 1 unspecified atom stereocenters. The number of hydrogen-bond acceptors (Lipinski definition) is 4. The van der Waals surface area contributed by atoms with Crippen LogP contribution in [0.2, 0.25) is 0 Å². The molecule has 0 aliphatic carbocycles. The fourth-order valence-electron chi connectivity index (χ4n) is 1.79. The zero-order valence-electron chi connectivity index (χ0n) is 9.78. The summed E-state index contributed by atoms with van der Waals surface area (Å²) in [4.78, 5) is 0. The summed E-state index contributed by atoms with van der Waals surface area (Å²) in [5.41, 5.74) is 1.02. The number of ether oxygens (including phenoxy) is 4. The maximum absolute atomic E-state index is 5.46. The van der Waals surface area contributed by atoms with Gasteiger partial charge in [-0.1, -0.05) is 0 Å². The summed E-state index contributed by atoms with van der Waals surface area (Å²) >= 11 is 0. The predicted molar refractivity (Wildman–Crippen MR) is 59.4 cm³/mol. The van der Waals surface area contributed by atoms with Gasteiger partial charge in [0.15, 0.2) is 11.5 Å². The minimum atomic E-state index is 0.120. The van der Waals surface area contributed by atoms with Crippen LogP contribution < -0.4 is 14.2 Å². The van der Waals surface area contributed by atoms with Crippen molar-refractivity contribution in [2.24, 2.45) is 0 Å². The van der Waals surface area contributed by atoms with Crippen molar-refractivity contribution in [3.05, 3.63) is 17.7 Å². The molecule has 0 bridgehead atoms. The highest BCUT2D eigenvalue weighted by Crippen LogP contribution is 2.41. The van der Waals surface area contributed by atoms with Gasteiger partial charge in [-0.3, -0.25) is 0 Å².